The molecule has 0 unspecified atom stereocenters. The highest BCUT2D eigenvalue weighted by molar-refractivity contribution is 6.30. The molecule has 0 aromatic heterocycles. The lowest BCUT2D eigenvalue weighted by atomic mass is 10.3. The van der Waals surface area contributed by atoms with Crippen LogP contribution in [0.5, 0.6) is 5.75 Å². The highest BCUT2D eigenvalue weighted by Gasteiger charge is 2.02. The lowest BCUT2D eigenvalue weighted by Gasteiger charge is -2.05. The van der Waals surface area contributed by atoms with E-state index in [-0.39, 0.29) is 25.6 Å². The molecule has 16 heavy (non-hydrogen) atoms. The second-order valence-electron chi connectivity index (χ2n) is 2.96. The minimum absolute atomic E-state index is 0.208. The Labute approximate surface area is 104 Å². The fraction of sp³-hybridized carbons (Fsp3) is 0.364. The molecule has 0 saturated heterocycles. The normalized spacial score (nSPS) is 9.88. The zero-order valence-corrected chi connectivity index (χ0v) is 10.1. The molecular weight excluding hydrogens is 251 g/mol. The zero-order chi connectivity index (χ0) is 11.8. The molecule has 5 heteroatoms. The Hall–Kier alpha value is -0.930. The minimum atomic E-state index is -0.311. The van der Waals surface area contributed by atoms with Gasteiger partial charge in [0.25, 0.3) is 0 Å². The smallest absolute Gasteiger partial charge is 0.309 e. The molecule has 0 saturated carbocycles. The Morgan fingerprint density at radius 2 is 1.88 bits per heavy atom. The van der Waals surface area contributed by atoms with Gasteiger partial charge in [0.15, 0.2) is 0 Å². The summed E-state index contributed by atoms with van der Waals surface area (Å²) in [5, 5.41) is 0.647. The van der Waals surface area contributed by atoms with Crippen molar-refractivity contribution in [2.75, 3.05) is 19.1 Å². The number of alkyl halides is 1. The van der Waals surface area contributed by atoms with Crippen molar-refractivity contribution in [3.63, 3.8) is 0 Å². The van der Waals surface area contributed by atoms with Gasteiger partial charge in [0.1, 0.15) is 12.4 Å². The molecular formula is C11H12Cl2O3. The number of hydrogen-bond donors (Lipinski definition) is 0. The van der Waals surface area contributed by atoms with Crippen molar-refractivity contribution in [3.05, 3.63) is 29.3 Å². The van der Waals surface area contributed by atoms with E-state index in [4.69, 9.17) is 32.7 Å². The van der Waals surface area contributed by atoms with E-state index in [2.05, 4.69) is 0 Å². The number of hydrogen-bond acceptors (Lipinski definition) is 3. The molecule has 0 heterocycles. The summed E-state index contributed by atoms with van der Waals surface area (Å²) >= 11 is 11.1. The SMILES string of the molecule is O=C(CCOc1ccc(Cl)cc1)OCCCl. The third-order valence-electron chi connectivity index (χ3n) is 1.73. The molecule has 1 aromatic rings. The van der Waals surface area contributed by atoms with Gasteiger partial charge in [0.2, 0.25) is 0 Å². The first-order chi connectivity index (χ1) is 7.72. The van der Waals surface area contributed by atoms with Crippen LogP contribution in [0.1, 0.15) is 6.42 Å². The van der Waals surface area contributed by atoms with E-state index in [0.717, 1.165) is 0 Å². The second kappa shape index (κ2) is 7.36. The largest absolute Gasteiger partial charge is 0.493 e. The molecule has 0 atom stereocenters. The topological polar surface area (TPSA) is 35.5 Å². The van der Waals surface area contributed by atoms with E-state index in [9.17, 15) is 4.79 Å². The van der Waals surface area contributed by atoms with Crippen molar-refractivity contribution in [3.8, 4) is 5.75 Å². The summed E-state index contributed by atoms with van der Waals surface area (Å²) in [7, 11) is 0. The first kappa shape index (κ1) is 13.1. The summed E-state index contributed by atoms with van der Waals surface area (Å²) in [6.45, 7) is 0.518. The van der Waals surface area contributed by atoms with Crippen LogP contribution in [0, 0.1) is 0 Å². The van der Waals surface area contributed by atoms with Crippen molar-refractivity contribution in [2.24, 2.45) is 0 Å². The Balaban J connectivity index is 2.20. The van der Waals surface area contributed by atoms with Crippen molar-refractivity contribution in [2.45, 2.75) is 6.42 Å². The van der Waals surface area contributed by atoms with Gasteiger partial charge in [-0.3, -0.25) is 4.79 Å². The van der Waals surface area contributed by atoms with Crippen molar-refractivity contribution in [1.29, 1.82) is 0 Å². The predicted molar refractivity (Wildman–Crippen MR) is 63.2 cm³/mol. The van der Waals surface area contributed by atoms with E-state index in [1.165, 1.54) is 0 Å². The maximum atomic E-state index is 11.1. The average Bonchev–Trinajstić information content (AvgIpc) is 2.29. The maximum absolute atomic E-state index is 11.1. The van der Waals surface area contributed by atoms with Crippen LogP contribution >= 0.6 is 23.2 Å². The van der Waals surface area contributed by atoms with Gasteiger partial charge in [-0.15, -0.1) is 11.6 Å². The van der Waals surface area contributed by atoms with E-state index in [0.29, 0.717) is 16.7 Å². The Bertz CT molecular complexity index is 325. The zero-order valence-electron chi connectivity index (χ0n) is 8.62. The van der Waals surface area contributed by atoms with Crippen molar-refractivity contribution in [1.82, 2.24) is 0 Å². The number of benzene rings is 1. The molecule has 0 N–H and O–H groups in total. The molecule has 1 aromatic carbocycles. The van der Waals surface area contributed by atoms with Gasteiger partial charge in [-0.25, -0.2) is 0 Å². The predicted octanol–water partition coefficient (Wildman–Crippen LogP) is 2.89. The quantitative estimate of drug-likeness (QED) is 0.584. The van der Waals surface area contributed by atoms with Crippen molar-refractivity contribution < 1.29 is 14.3 Å². The monoisotopic (exact) mass is 262 g/mol. The van der Waals surface area contributed by atoms with E-state index in [1.807, 2.05) is 0 Å². The van der Waals surface area contributed by atoms with Crippen LogP contribution in [0.25, 0.3) is 0 Å². The van der Waals surface area contributed by atoms with Crippen LogP contribution in [0.3, 0.4) is 0 Å². The highest BCUT2D eigenvalue weighted by Crippen LogP contribution is 2.15. The minimum Gasteiger partial charge on any atom is -0.493 e. The molecule has 3 nitrogen and oxygen atoms in total. The number of carbonyl (C=O) groups excluding carboxylic acids is 1. The average molecular weight is 263 g/mol. The standard InChI is InChI=1S/C11H12Cl2O3/c12-6-8-16-11(14)5-7-15-10-3-1-9(13)2-4-10/h1-4H,5-8H2. The van der Waals surface area contributed by atoms with Gasteiger partial charge in [0, 0.05) is 5.02 Å². The lowest BCUT2D eigenvalue weighted by molar-refractivity contribution is -0.143. The number of esters is 1. The number of ether oxygens (including phenoxy) is 2. The van der Waals surface area contributed by atoms with Gasteiger partial charge in [-0.2, -0.15) is 0 Å². The second-order valence-corrected chi connectivity index (χ2v) is 3.78. The van der Waals surface area contributed by atoms with Gasteiger partial charge in [-0.1, -0.05) is 11.6 Å². The van der Waals surface area contributed by atoms with Crippen LogP contribution in [0.15, 0.2) is 24.3 Å². The van der Waals surface area contributed by atoms with Gasteiger partial charge in [-0.05, 0) is 24.3 Å². The maximum Gasteiger partial charge on any atom is 0.309 e. The van der Waals surface area contributed by atoms with E-state index < -0.39 is 0 Å². The highest BCUT2D eigenvalue weighted by atomic mass is 35.5. The van der Waals surface area contributed by atoms with E-state index >= 15 is 0 Å². The summed E-state index contributed by atoms with van der Waals surface area (Å²) in [4.78, 5) is 11.1. The molecule has 0 bridgehead atoms. The van der Waals surface area contributed by atoms with Crippen LogP contribution in [-0.4, -0.2) is 25.1 Å². The summed E-state index contributed by atoms with van der Waals surface area (Å²) in [6, 6.07) is 6.93. The number of halogens is 2. The first-order valence-corrected chi connectivity index (χ1v) is 5.73. The lowest BCUT2D eigenvalue weighted by Crippen LogP contribution is -2.11. The molecule has 0 aliphatic rings. The molecule has 0 amide bonds. The Morgan fingerprint density at radius 1 is 1.19 bits per heavy atom. The van der Waals surface area contributed by atoms with Crippen LogP contribution in [0.4, 0.5) is 0 Å². The number of carbonyl (C=O) groups is 1. The third-order valence-corrected chi connectivity index (χ3v) is 2.14. The molecule has 0 aliphatic heterocycles. The van der Waals surface area contributed by atoms with Crippen LogP contribution in [0.2, 0.25) is 5.02 Å². The van der Waals surface area contributed by atoms with Gasteiger partial charge in [0.05, 0.1) is 18.9 Å². The summed E-state index contributed by atoms with van der Waals surface area (Å²) < 4.78 is 10.1. The molecule has 0 aliphatic carbocycles. The fourth-order valence-electron chi connectivity index (χ4n) is 1.01. The fourth-order valence-corrected chi connectivity index (χ4v) is 1.21. The third kappa shape index (κ3) is 5.24. The van der Waals surface area contributed by atoms with Crippen LogP contribution in [-0.2, 0) is 9.53 Å². The molecule has 0 radical (unpaired) electrons. The first-order valence-electron chi connectivity index (χ1n) is 4.82. The van der Waals surface area contributed by atoms with E-state index in [1.54, 1.807) is 24.3 Å². The Kier molecular flexibility index (Phi) is 6.04. The molecule has 88 valence electrons. The summed E-state index contributed by atoms with van der Waals surface area (Å²) in [6.07, 6.45) is 0.208. The van der Waals surface area contributed by atoms with Crippen LogP contribution < -0.4 is 4.74 Å². The molecule has 1 rings (SSSR count). The number of rotatable bonds is 6. The summed E-state index contributed by atoms with van der Waals surface area (Å²) in [5.41, 5.74) is 0. The van der Waals surface area contributed by atoms with Gasteiger partial charge < -0.3 is 9.47 Å². The molecule has 0 fully saturated rings. The van der Waals surface area contributed by atoms with Gasteiger partial charge >= 0.3 is 5.97 Å². The summed E-state index contributed by atoms with van der Waals surface area (Å²) in [5.74, 6) is 0.674. The molecule has 0 spiro atoms. The van der Waals surface area contributed by atoms with Crippen molar-refractivity contribution >= 4 is 29.2 Å². The Morgan fingerprint density at radius 3 is 2.50 bits per heavy atom.